The zero-order valence-electron chi connectivity index (χ0n) is 13.1. The zero-order chi connectivity index (χ0) is 15.4. The average Bonchev–Trinajstić information content (AvgIpc) is 2.45. The van der Waals surface area contributed by atoms with Crippen molar-refractivity contribution in [2.45, 2.75) is 26.7 Å². The van der Waals surface area contributed by atoms with Crippen molar-refractivity contribution >= 4 is 22.5 Å². The summed E-state index contributed by atoms with van der Waals surface area (Å²) < 4.78 is 0. The number of fused-ring (bicyclic) bond motifs is 1. The highest BCUT2D eigenvalue weighted by Gasteiger charge is 2.10. The van der Waals surface area contributed by atoms with E-state index in [-0.39, 0.29) is 5.78 Å². The molecule has 110 valence electrons. The van der Waals surface area contributed by atoms with Crippen LogP contribution in [0, 0.1) is 6.92 Å². The zero-order valence-corrected chi connectivity index (χ0v) is 13.1. The van der Waals surface area contributed by atoms with Gasteiger partial charge >= 0.3 is 0 Å². The second-order valence-corrected chi connectivity index (χ2v) is 5.34. The van der Waals surface area contributed by atoms with Crippen LogP contribution in [0.2, 0.25) is 0 Å². The van der Waals surface area contributed by atoms with Crippen molar-refractivity contribution in [1.82, 2.24) is 9.97 Å². The summed E-state index contributed by atoms with van der Waals surface area (Å²) in [5.41, 5.74) is 3.03. The molecular weight excluding hydrogens is 262 g/mol. The molecule has 2 aromatic rings. The third kappa shape index (κ3) is 3.45. The molecule has 0 N–H and O–H groups in total. The van der Waals surface area contributed by atoms with Crippen molar-refractivity contribution in [2.75, 3.05) is 19.0 Å². The van der Waals surface area contributed by atoms with Crippen LogP contribution in [0.15, 0.2) is 30.6 Å². The molecule has 0 fully saturated rings. The molecular formula is C17H21N3O. The van der Waals surface area contributed by atoms with Crippen molar-refractivity contribution in [3.05, 3.63) is 41.7 Å². The first-order valence-electron chi connectivity index (χ1n) is 7.13. The lowest BCUT2D eigenvalue weighted by Crippen LogP contribution is -2.12. The Kier molecular flexibility index (Phi) is 4.68. The van der Waals surface area contributed by atoms with E-state index in [0.29, 0.717) is 6.42 Å². The maximum Gasteiger partial charge on any atom is 0.159 e. The second kappa shape index (κ2) is 6.48. The van der Waals surface area contributed by atoms with E-state index in [2.05, 4.69) is 9.97 Å². The van der Waals surface area contributed by atoms with Crippen LogP contribution >= 0.6 is 0 Å². The standard InChI is InChI=1S/C17H21N3O/c1-5-6-7-14(21)9-13-10-15-16(8-12(13)2)18-11-19-17(15)20(3)4/h6-8,10-11H,5,9H2,1-4H3/b7-6+. The third-order valence-corrected chi connectivity index (χ3v) is 3.40. The molecule has 0 atom stereocenters. The molecule has 2 rings (SSSR count). The Morgan fingerprint density at radius 1 is 1.29 bits per heavy atom. The normalized spacial score (nSPS) is 11.2. The van der Waals surface area contributed by atoms with Crippen LogP contribution in [0.4, 0.5) is 5.82 Å². The van der Waals surface area contributed by atoms with Gasteiger partial charge in [0.25, 0.3) is 0 Å². The Balaban J connectivity index is 2.45. The maximum absolute atomic E-state index is 11.9. The number of benzene rings is 1. The Labute approximate surface area is 125 Å². The van der Waals surface area contributed by atoms with E-state index < -0.39 is 0 Å². The molecule has 1 heterocycles. The van der Waals surface area contributed by atoms with Gasteiger partial charge in [-0.3, -0.25) is 4.79 Å². The van der Waals surface area contributed by atoms with Crippen LogP contribution in [0.5, 0.6) is 0 Å². The number of carbonyl (C=O) groups is 1. The number of carbonyl (C=O) groups excluding carboxylic acids is 1. The third-order valence-electron chi connectivity index (χ3n) is 3.40. The van der Waals surface area contributed by atoms with Gasteiger partial charge in [0.15, 0.2) is 5.78 Å². The average molecular weight is 283 g/mol. The van der Waals surface area contributed by atoms with E-state index in [1.165, 1.54) is 0 Å². The van der Waals surface area contributed by atoms with E-state index in [0.717, 1.165) is 34.3 Å². The highest BCUT2D eigenvalue weighted by atomic mass is 16.1. The van der Waals surface area contributed by atoms with Gasteiger partial charge in [-0.1, -0.05) is 13.0 Å². The number of nitrogens with zero attached hydrogens (tertiary/aromatic N) is 3. The lowest BCUT2D eigenvalue weighted by Gasteiger charge is -2.15. The van der Waals surface area contributed by atoms with Crippen LogP contribution in [-0.2, 0) is 11.2 Å². The number of aromatic nitrogens is 2. The van der Waals surface area contributed by atoms with E-state index in [1.54, 1.807) is 12.4 Å². The minimum atomic E-state index is 0.127. The molecule has 0 saturated heterocycles. The SMILES string of the molecule is CC/C=C/C(=O)Cc1cc2c(N(C)C)ncnc2cc1C. The lowest BCUT2D eigenvalue weighted by molar-refractivity contribution is -0.114. The molecule has 0 spiro atoms. The molecule has 0 saturated carbocycles. The Morgan fingerprint density at radius 3 is 2.71 bits per heavy atom. The Bertz CT molecular complexity index is 690. The van der Waals surface area contributed by atoms with Crippen molar-refractivity contribution in [3.8, 4) is 0 Å². The van der Waals surface area contributed by atoms with Gasteiger partial charge in [0, 0.05) is 25.9 Å². The minimum Gasteiger partial charge on any atom is -0.362 e. The topological polar surface area (TPSA) is 46.1 Å². The number of hydrogen-bond acceptors (Lipinski definition) is 4. The number of aryl methyl sites for hydroxylation is 1. The minimum absolute atomic E-state index is 0.127. The summed E-state index contributed by atoms with van der Waals surface area (Å²) in [7, 11) is 3.91. The van der Waals surface area contributed by atoms with Gasteiger partial charge in [0.2, 0.25) is 0 Å². The molecule has 1 aromatic heterocycles. The van der Waals surface area contributed by atoms with E-state index in [1.807, 2.05) is 51.1 Å². The first kappa shape index (κ1) is 15.2. The highest BCUT2D eigenvalue weighted by Crippen LogP contribution is 2.25. The number of allylic oxidation sites excluding steroid dienone is 2. The number of ketones is 1. The predicted octanol–water partition coefficient (Wildman–Crippen LogP) is 3.08. The number of anilines is 1. The predicted molar refractivity (Wildman–Crippen MR) is 86.7 cm³/mol. The highest BCUT2D eigenvalue weighted by molar-refractivity contribution is 5.94. The first-order valence-corrected chi connectivity index (χ1v) is 7.13. The first-order chi connectivity index (χ1) is 10.0. The number of hydrogen-bond donors (Lipinski definition) is 0. The Hall–Kier alpha value is -2.23. The van der Waals surface area contributed by atoms with Gasteiger partial charge < -0.3 is 4.90 Å². The summed E-state index contributed by atoms with van der Waals surface area (Å²) in [5, 5.41) is 0.982. The van der Waals surface area contributed by atoms with Crippen molar-refractivity contribution in [2.24, 2.45) is 0 Å². The van der Waals surface area contributed by atoms with Crippen LogP contribution in [0.1, 0.15) is 24.5 Å². The molecule has 0 bridgehead atoms. The smallest absolute Gasteiger partial charge is 0.159 e. The second-order valence-electron chi connectivity index (χ2n) is 5.34. The molecule has 0 aliphatic heterocycles. The van der Waals surface area contributed by atoms with Gasteiger partial charge in [0.1, 0.15) is 12.1 Å². The van der Waals surface area contributed by atoms with E-state index in [9.17, 15) is 4.79 Å². The van der Waals surface area contributed by atoms with Crippen LogP contribution < -0.4 is 4.90 Å². The quantitative estimate of drug-likeness (QED) is 0.791. The van der Waals surface area contributed by atoms with Gasteiger partial charge in [-0.25, -0.2) is 9.97 Å². The van der Waals surface area contributed by atoms with Gasteiger partial charge in [-0.05, 0) is 42.7 Å². The van der Waals surface area contributed by atoms with E-state index in [4.69, 9.17) is 0 Å². The summed E-state index contributed by atoms with van der Waals surface area (Å²) in [5.74, 6) is 1.00. The molecule has 0 aliphatic carbocycles. The number of rotatable bonds is 5. The van der Waals surface area contributed by atoms with E-state index >= 15 is 0 Å². The van der Waals surface area contributed by atoms with Crippen molar-refractivity contribution in [3.63, 3.8) is 0 Å². The largest absolute Gasteiger partial charge is 0.362 e. The summed E-state index contributed by atoms with van der Waals surface area (Å²) in [6, 6.07) is 4.06. The maximum atomic E-state index is 11.9. The van der Waals surface area contributed by atoms with Gasteiger partial charge in [-0.15, -0.1) is 0 Å². The van der Waals surface area contributed by atoms with Crippen molar-refractivity contribution in [1.29, 1.82) is 0 Å². The van der Waals surface area contributed by atoms with Crippen LogP contribution in [-0.4, -0.2) is 29.8 Å². The molecule has 1 aromatic carbocycles. The summed E-state index contributed by atoms with van der Waals surface area (Å²) >= 11 is 0. The summed E-state index contributed by atoms with van der Waals surface area (Å²) in [6.45, 7) is 4.04. The van der Waals surface area contributed by atoms with Crippen LogP contribution in [0.25, 0.3) is 10.9 Å². The molecule has 0 amide bonds. The fourth-order valence-corrected chi connectivity index (χ4v) is 2.28. The lowest BCUT2D eigenvalue weighted by atomic mass is 10.00. The van der Waals surface area contributed by atoms with Crippen LogP contribution in [0.3, 0.4) is 0 Å². The van der Waals surface area contributed by atoms with Gasteiger partial charge in [-0.2, -0.15) is 0 Å². The molecule has 4 heteroatoms. The summed E-state index contributed by atoms with van der Waals surface area (Å²) in [6.07, 6.45) is 6.43. The molecule has 0 radical (unpaired) electrons. The molecule has 4 nitrogen and oxygen atoms in total. The fraction of sp³-hybridized carbons (Fsp3) is 0.353. The Morgan fingerprint density at radius 2 is 2.05 bits per heavy atom. The monoisotopic (exact) mass is 283 g/mol. The van der Waals surface area contributed by atoms with Gasteiger partial charge in [0.05, 0.1) is 5.52 Å². The summed E-state index contributed by atoms with van der Waals surface area (Å²) in [4.78, 5) is 22.6. The van der Waals surface area contributed by atoms with Crippen molar-refractivity contribution < 1.29 is 4.79 Å². The molecule has 0 unspecified atom stereocenters. The molecule has 0 aliphatic rings. The fourth-order valence-electron chi connectivity index (χ4n) is 2.28. The molecule has 21 heavy (non-hydrogen) atoms.